The van der Waals surface area contributed by atoms with Crippen molar-refractivity contribution in [1.29, 1.82) is 0 Å². The second kappa shape index (κ2) is 8.98. The number of hydrogen-bond donors (Lipinski definition) is 1. The van der Waals surface area contributed by atoms with Crippen molar-refractivity contribution in [3.05, 3.63) is 66.2 Å². The number of esters is 1. The largest absolute Gasteiger partial charge is 0.465 e. The number of guanidine groups is 1. The molecule has 0 aromatic heterocycles. The van der Waals surface area contributed by atoms with Crippen LogP contribution in [0.25, 0.3) is 0 Å². The van der Waals surface area contributed by atoms with Crippen LogP contribution in [0.1, 0.15) is 18.5 Å². The molecule has 1 amide bonds. The van der Waals surface area contributed by atoms with E-state index in [9.17, 15) is 9.59 Å². The average Bonchev–Trinajstić information content (AvgIpc) is 2.80. The number of benzene rings is 2. The van der Waals surface area contributed by atoms with Crippen LogP contribution in [0.2, 0.25) is 0 Å². The van der Waals surface area contributed by atoms with Gasteiger partial charge in [0, 0.05) is 31.9 Å². The second-order valence-electron chi connectivity index (χ2n) is 7.34. The summed E-state index contributed by atoms with van der Waals surface area (Å²) >= 11 is 0. The van der Waals surface area contributed by atoms with Gasteiger partial charge < -0.3 is 14.5 Å². The molecule has 0 radical (unpaired) electrons. The lowest BCUT2D eigenvalue weighted by atomic mass is 9.91. The molecule has 0 spiro atoms. The number of anilines is 1. The Morgan fingerprint density at radius 3 is 2.23 bits per heavy atom. The topological polar surface area (TPSA) is 74.2 Å². The van der Waals surface area contributed by atoms with Gasteiger partial charge in [0.25, 0.3) is 0 Å². The maximum Gasteiger partial charge on any atom is 0.321 e. The third kappa shape index (κ3) is 4.15. The van der Waals surface area contributed by atoms with Crippen LogP contribution < -0.4 is 10.2 Å². The van der Waals surface area contributed by atoms with E-state index < -0.39 is 17.9 Å². The fourth-order valence-corrected chi connectivity index (χ4v) is 3.93. The van der Waals surface area contributed by atoms with E-state index in [-0.39, 0.29) is 12.5 Å². The number of piperazine rings is 1. The molecule has 30 heavy (non-hydrogen) atoms. The molecule has 0 unspecified atom stereocenters. The van der Waals surface area contributed by atoms with Gasteiger partial charge in [-0.2, -0.15) is 0 Å². The van der Waals surface area contributed by atoms with Crippen LogP contribution in [0.3, 0.4) is 0 Å². The number of ether oxygens (including phenoxy) is 1. The quantitative estimate of drug-likeness (QED) is 0.623. The van der Waals surface area contributed by atoms with Crippen LogP contribution in [0.5, 0.6) is 0 Å². The van der Waals surface area contributed by atoms with E-state index in [0.29, 0.717) is 5.96 Å². The summed E-state index contributed by atoms with van der Waals surface area (Å²) in [7, 11) is 0. The Hall–Kier alpha value is -3.35. The molecule has 2 aromatic rings. The highest BCUT2D eigenvalue weighted by atomic mass is 16.5. The van der Waals surface area contributed by atoms with E-state index in [4.69, 9.17) is 9.73 Å². The normalized spacial score (nSPS) is 21.6. The first-order valence-corrected chi connectivity index (χ1v) is 10.3. The van der Waals surface area contributed by atoms with E-state index in [1.807, 2.05) is 48.5 Å². The van der Waals surface area contributed by atoms with Gasteiger partial charge in [0.05, 0.1) is 6.61 Å². The van der Waals surface area contributed by atoms with Crippen molar-refractivity contribution in [2.75, 3.05) is 37.7 Å². The Morgan fingerprint density at radius 1 is 1.00 bits per heavy atom. The summed E-state index contributed by atoms with van der Waals surface area (Å²) in [6.45, 7) is 5.09. The van der Waals surface area contributed by atoms with Crippen LogP contribution in [-0.4, -0.2) is 55.5 Å². The first-order chi connectivity index (χ1) is 14.7. The van der Waals surface area contributed by atoms with E-state index in [0.717, 1.165) is 31.7 Å². The van der Waals surface area contributed by atoms with Gasteiger partial charge in [-0.3, -0.25) is 14.9 Å². The van der Waals surface area contributed by atoms with Gasteiger partial charge in [-0.15, -0.1) is 0 Å². The Bertz CT molecular complexity index is 909. The summed E-state index contributed by atoms with van der Waals surface area (Å²) in [5, 5.41) is 2.85. The maximum atomic E-state index is 12.9. The SMILES string of the molecule is CCOC(=O)[C@H]1C(=O)NC(N2CCN(c3ccccc3)CC2)=N[C@H]1c1ccccc1. The van der Waals surface area contributed by atoms with Crippen LogP contribution in [0, 0.1) is 5.92 Å². The number of para-hydroxylation sites is 1. The van der Waals surface area contributed by atoms with Crippen molar-refractivity contribution in [2.24, 2.45) is 10.9 Å². The number of rotatable bonds is 4. The molecule has 2 heterocycles. The number of nitrogens with one attached hydrogen (secondary N) is 1. The molecule has 1 saturated heterocycles. The Labute approximate surface area is 176 Å². The van der Waals surface area contributed by atoms with Gasteiger partial charge in [0.1, 0.15) is 6.04 Å². The van der Waals surface area contributed by atoms with Gasteiger partial charge in [-0.05, 0) is 24.6 Å². The van der Waals surface area contributed by atoms with Gasteiger partial charge in [-0.25, -0.2) is 4.99 Å². The highest BCUT2D eigenvalue weighted by Crippen LogP contribution is 2.31. The van der Waals surface area contributed by atoms with Gasteiger partial charge >= 0.3 is 5.97 Å². The van der Waals surface area contributed by atoms with Gasteiger partial charge in [-0.1, -0.05) is 48.5 Å². The van der Waals surface area contributed by atoms with Crippen LogP contribution in [0.15, 0.2) is 65.7 Å². The van der Waals surface area contributed by atoms with Crippen molar-refractivity contribution in [3.8, 4) is 0 Å². The lowest BCUT2D eigenvalue weighted by Gasteiger charge is -2.39. The summed E-state index contributed by atoms with van der Waals surface area (Å²) in [6.07, 6.45) is 0. The summed E-state index contributed by atoms with van der Waals surface area (Å²) in [5.74, 6) is -1.36. The molecule has 1 N–H and O–H groups in total. The number of hydrogen-bond acceptors (Lipinski definition) is 6. The minimum Gasteiger partial charge on any atom is -0.465 e. The molecule has 1 fully saturated rings. The zero-order chi connectivity index (χ0) is 20.9. The number of amides is 1. The fourth-order valence-electron chi connectivity index (χ4n) is 3.93. The molecule has 2 atom stereocenters. The zero-order valence-corrected chi connectivity index (χ0v) is 17.0. The highest BCUT2D eigenvalue weighted by Gasteiger charge is 2.42. The number of nitrogens with zero attached hydrogens (tertiary/aromatic N) is 3. The molecule has 7 heteroatoms. The average molecular weight is 406 g/mol. The molecule has 0 saturated carbocycles. The number of carbonyl (C=O) groups is 2. The van der Waals surface area contributed by atoms with Crippen molar-refractivity contribution in [2.45, 2.75) is 13.0 Å². The summed E-state index contributed by atoms with van der Waals surface area (Å²) in [6, 6.07) is 19.1. The van der Waals surface area contributed by atoms with Crippen LogP contribution in [0.4, 0.5) is 5.69 Å². The number of carbonyl (C=O) groups excluding carboxylic acids is 2. The third-order valence-corrected chi connectivity index (χ3v) is 5.48. The first-order valence-electron chi connectivity index (χ1n) is 10.3. The van der Waals surface area contributed by atoms with Crippen molar-refractivity contribution in [1.82, 2.24) is 10.2 Å². The van der Waals surface area contributed by atoms with E-state index in [1.165, 1.54) is 5.69 Å². The van der Waals surface area contributed by atoms with Crippen LogP contribution in [-0.2, 0) is 14.3 Å². The molecule has 2 aliphatic rings. The van der Waals surface area contributed by atoms with Crippen molar-refractivity contribution < 1.29 is 14.3 Å². The minimum absolute atomic E-state index is 0.224. The van der Waals surface area contributed by atoms with Gasteiger partial charge in [0.15, 0.2) is 5.92 Å². The van der Waals surface area contributed by atoms with Crippen molar-refractivity contribution in [3.63, 3.8) is 0 Å². The minimum atomic E-state index is -0.985. The van der Waals surface area contributed by atoms with E-state index in [2.05, 4.69) is 27.2 Å². The smallest absolute Gasteiger partial charge is 0.321 e. The Balaban J connectivity index is 1.55. The Kier molecular flexibility index (Phi) is 5.97. The molecular formula is C23H26N4O3. The standard InChI is InChI=1S/C23H26N4O3/c1-2-30-22(29)19-20(17-9-5-3-6-10-17)24-23(25-21(19)28)27-15-13-26(14-16-27)18-11-7-4-8-12-18/h3-12,19-20H,2,13-16H2,1H3,(H,24,25,28)/t19-,20+/m1/s1. The lowest BCUT2D eigenvalue weighted by Crippen LogP contribution is -2.57. The highest BCUT2D eigenvalue weighted by molar-refractivity contribution is 6.08. The lowest BCUT2D eigenvalue weighted by molar-refractivity contribution is -0.153. The summed E-state index contributed by atoms with van der Waals surface area (Å²) < 4.78 is 5.16. The maximum absolute atomic E-state index is 12.9. The summed E-state index contributed by atoms with van der Waals surface area (Å²) in [5.41, 5.74) is 2.02. The molecule has 2 aliphatic heterocycles. The van der Waals surface area contributed by atoms with E-state index in [1.54, 1.807) is 6.92 Å². The molecule has 0 aliphatic carbocycles. The van der Waals surface area contributed by atoms with Crippen LogP contribution >= 0.6 is 0 Å². The van der Waals surface area contributed by atoms with Gasteiger partial charge in [0.2, 0.25) is 11.9 Å². The third-order valence-electron chi connectivity index (χ3n) is 5.48. The monoisotopic (exact) mass is 406 g/mol. The molecular weight excluding hydrogens is 380 g/mol. The fraction of sp³-hybridized carbons (Fsp3) is 0.348. The Morgan fingerprint density at radius 2 is 1.60 bits per heavy atom. The molecule has 0 bridgehead atoms. The van der Waals surface area contributed by atoms with E-state index >= 15 is 0 Å². The van der Waals surface area contributed by atoms with Crippen molar-refractivity contribution >= 4 is 23.5 Å². The predicted octanol–water partition coefficient (Wildman–Crippen LogP) is 2.22. The molecule has 7 nitrogen and oxygen atoms in total. The molecule has 4 rings (SSSR count). The summed E-state index contributed by atoms with van der Waals surface area (Å²) in [4.78, 5) is 34.6. The second-order valence-corrected chi connectivity index (χ2v) is 7.34. The molecule has 2 aromatic carbocycles. The first kappa shape index (κ1) is 19.9. The number of aliphatic imine (C=N–C) groups is 1. The molecule has 156 valence electrons. The zero-order valence-electron chi connectivity index (χ0n) is 17.0. The predicted molar refractivity (Wildman–Crippen MR) is 115 cm³/mol.